The molecule has 0 unspecified atom stereocenters. The summed E-state index contributed by atoms with van der Waals surface area (Å²) in [6.07, 6.45) is 24.3. The number of phenols is 1. The summed E-state index contributed by atoms with van der Waals surface area (Å²) in [7, 11) is 5.23. The molecule has 0 aromatic heterocycles. The van der Waals surface area contributed by atoms with E-state index in [1.807, 2.05) is 25.3 Å². The van der Waals surface area contributed by atoms with Crippen molar-refractivity contribution in [2.75, 3.05) is 52.9 Å². The van der Waals surface area contributed by atoms with Crippen molar-refractivity contribution in [3.63, 3.8) is 0 Å². The zero-order chi connectivity index (χ0) is 51.2. The molecule has 13 heteroatoms. The van der Waals surface area contributed by atoms with Gasteiger partial charge in [0, 0.05) is 62.9 Å². The van der Waals surface area contributed by atoms with Gasteiger partial charge < -0.3 is 50.0 Å². The van der Waals surface area contributed by atoms with E-state index in [4.69, 9.17) is 18.9 Å². The summed E-state index contributed by atoms with van der Waals surface area (Å²) in [5.41, 5.74) is 0.898. The van der Waals surface area contributed by atoms with E-state index in [0.29, 0.717) is 92.2 Å². The number of fused-ring (bicyclic) bond motifs is 9. The van der Waals surface area contributed by atoms with Gasteiger partial charge in [-0.2, -0.15) is 0 Å². The average molecular weight is 1000 g/mol. The van der Waals surface area contributed by atoms with Crippen LogP contribution in [0.5, 0.6) is 23.0 Å². The topological polar surface area (TPSA) is 183 Å². The number of hydrogen-bond acceptors (Lipinski definition) is 11. The number of nitrogens with zero attached hydrogens (tertiary/aromatic N) is 1. The number of aliphatic imine (C=N–C) groups is 1. The Morgan fingerprint density at radius 1 is 1.03 bits per heavy atom. The number of aliphatic hydroxyl groups is 3. The van der Waals surface area contributed by atoms with Gasteiger partial charge in [-0.3, -0.25) is 15.1 Å². The van der Waals surface area contributed by atoms with E-state index < -0.39 is 22.7 Å². The van der Waals surface area contributed by atoms with E-state index in [1.165, 1.54) is 0 Å². The lowest BCUT2D eigenvalue weighted by Crippen LogP contribution is -2.54. The van der Waals surface area contributed by atoms with Crippen LogP contribution in [0.2, 0.25) is 0 Å². The normalized spacial score (nSPS) is 34.6. The molecular formula is C60H80N4O9. The molecule has 2 aliphatic heterocycles. The van der Waals surface area contributed by atoms with Gasteiger partial charge >= 0.3 is 0 Å². The summed E-state index contributed by atoms with van der Waals surface area (Å²) in [5, 5.41) is 51.9. The number of ketones is 1. The van der Waals surface area contributed by atoms with Gasteiger partial charge in [0.15, 0.2) is 29.3 Å². The Bertz CT molecular complexity index is 2500. The van der Waals surface area contributed by atoms with Crippen LogP contribution in [0.4, 0.5) is 5.69 Å². The van der Waals surface area contributed by atoms with Crippen molar-refractivity contribution in [3.8, 4) is 47.0 Å². The SMILES string of the molecule is CC[C@H]1C=C[C@H]2[C@H](C1)[C@H]1/C=C/C(=O)[C@]3(Cc4ccc(O)c(OC)c4)CCC[C@@H]3CC#CNC(=NC)Nc3cc(cc4c3OC#CC[C@@H]3C[C@@](CNC)(C[C@H]3C[C@H](O)OCCCO)O4)[C@]13CCC[C@@H]3[C@H]2CCCO. The molecule has 13 atom stereocenters. The minimum atomic E-state index is -0.979. The maximum atomic E-state index is 15.7. The van der Waals surface area contributed by atoms with Crippen LogP contribution in [0.3, 0.4) is 0 Å². The number of carbonyl (C=O) groups excluding carboxylic acids is 1. The van der Waals surface area contributed by atoms with E-state index in [0.717, 1.165) is 75.3 Å². The quantitative estimate of drug-likeness (QED) is 0.0392. The molecule has 5 aliphatic carbocycles. The number of guanidine groups is 1. The highest BCUT2D eigenvalue weighted by Crippen LogP contribution is 2.66. The molecule has 4 saturated carbocycles. The molecule has 4 fully saturated rings. The van der Waals surface area contributed by atoms with Crippen molar-refractivity contribution < 1.29 is 44.2 Å². The Morgan fingerprint density at radius 3 is 2.67 bits per heavy atom. The number of nitrogens with one attached hydrogen (secondary N) is 3. The van der Waals surface area contributed by atoms with Gasteiger partial charge in [-0.15, -0.1) is 0 Å². The zero-order valence-electron chi connectivity index (χ0n) is 43.6. The number of benzene rings is 2. The van der Waals surface area contributed by atoms with E-state index in [9.17, 15) is 20.4 Å². The number of aromatic hydroxyl groups is 1. The molecule has 0 radical (unpaired) electrons. The molecular weight excluding hydrogens is 921 g/mol. The summed E-state index contributed by atoms with van der Waals surface area (Å²) in [4.78, 5) is 20.4. The van der Waals surface area contributed by atoms with Gasteiger partial charge in [-0.25, -0.2) is 0 Å². The molecule has 73 heavy (non-hydrogen) atoms. The highest BCUT2D eigenvalue weighted by molar-refractivity contribution is 5.97. The predicted octanol–water partition coefficient (Wildman–Crippen LogP) is 8.40. The predicted molar refractivity (Wildman–Crippen MR) is 283 cm³/mol. The molecule has 0 amide bonds. The largest absolute Gasteiger partial charge is 0.504 e. The smallest absolute Gasteiger partial charge is 0.207 e. The molecule has 4 bridgehead atoms. The Morgan fingerprint density at radius 2 is 1.88 bits per heavy atom. The summed E-state index contributed by atoms with van der Waals surface area (Å²) in [6, 6.07) is 13.1. The number of likely N-dealkylation sites (N-methyl/N-ethyl adjacent to an activating group) is 1. The van der Waals surface area contributed by atoms with Gasteiger partial charge in [-0.1, -0.05) is 55.9 Å². The second-order valence-electron chi connectivity index (χ2n) is 22.4. The first-order valence-corrected chi connectivity index (χ1v) is 27.5. The number of ether oxygens (including phenoxy) is 4. The average Bonchev–Trinajstić information content (AvgIpc) is 4.11. The number of methoxy groups -OCH3 is 1. The van der Waals surface area contributed by atoms with Crippen molar-refractivity contribution >= 4 is 17.4 Å². The number of allylic oxidation sites excluding steroid dienone is 4. The zero-order valence-corrected chi connectivity index (χ0v) is 43.6. The third kappa shape index (κ3) is 10.6. The van der Waals surface area contributed by atoms with Crippen LogP contribution in [0.25, 0.3) is 0 Å². The molecule has 1 spiro atoms. The number of carbonyl (C=O) groups is 1. The first-order valence-electron chi connectivity index (χ1n) is 27.5. The third-order valence-corrected chi connectivity index (χ3v) is 18.5. The van der Waals surface area contributed by atoms with Gasteiger partial charge in [-0.05, 0) is 179 Å². The molecule has 2 heterocycles. The van der Waals surface area contributed by atoms with Gasteiger partial charge in [0.25, 0.3) is 0 Å². The first kappa shape index (κ1) is 52.8. The Kier molecular flexibility index (Phi) is 16.8. The Labute approximate surface area is 433 Å². The molecule has 2 aromatic rings. The Hall–Kier alpha value is -5.02. The first-order chi connectivity index (χ1) is 35.5. The molecule has 7 N–H and O–H groups in total. The van der Waals surface area contributed by atoms with Gasteiger partial charge in [0.2, 0.25) is 11.7 Å². The molecule has 0 saturated heterocycles. The van der Waals surface area contributed by atoms with Crippen LogP contribution < -0.4 is 30.2 Å². The van der Waals surface area contributed by atoms with Gasteiger partial charge in [0.05, 0.1) is 19.4 Å². The van der Waals surface area contributed by atoms with Crippen LogP contribution in [0.15, 0.2) is 59.6 Å². The van der Waals surface area contributed by atoms with Crippen molar-refractivity contribution in [1.29, 1.82) is 0 Å². The summed E-state index contributed by atoms with van der Waals surface area (Å²) in [6.45, 7) is 3.25. The molecule has 2 aromatic carbocycles. The minimum absolute atomic E-state index is 0.00161. The highest BCUT2D eigenvalue weighted by Gasteiger charge is 2.61. The molecule has 13 nitrogen and oxygen atoms in total. The standard InChI is InChI=1S/C60H80N4O9/c1-5-39-17-19-45-46(15-9-26-65)48-16-7-24-60(48)44-33-50(56-53(34-44)73-58(38-61-2)36-41(12-10-28-72-56)42(37-58)32-55(69)71-29-11-27-66)64-57(62-3)63-25-8-14-43-13-6-23-59(43,54(68)22-20-49(60)47(45)30-39)35-40-18-21-51(67)52(31-40)70-4/h17-22,31,33-34,39,41-43,45-49,55,61,65-67,69H,5-7,9,11-16,23-24,26-27,29-30,32,35-38H2,1-4H3,(H2,62,63,64)/b22-20+/t39-,41+,42+,43+,45+,46-,47-,48+,49+,55+,58-,59-,60-/m0/s1. The van der Waals surface area contributed by atoms with E-state index in [-0.39, 0.29) is 72.8 Å². The second kappa shape index (κ2) is 23.3. The minimum Gasteiger partial charge on any atom is -0.504 e. The van der Waals surface area contributed by atoms with Crippen LogP contribution in [0.1, 0.15) is 121 Å². The third-order valence-electron chi connectivity index (χ3n) is 18.5. The van der Waals surface area contributed by atoms with Crippen LogP contribution in [-0.4, -0.2) is 91.6 Å². The number of aliphatic hydroxyl groups excluding tert-OH is 3. The van der Waals surface area contributed by atoms with Crippen molar-refractivity contribution in [2.45, 2.75) is 133 Å². The van der Waals surface area contributed by atoms with E-state index in [1.54, 1.807) is 20.2 Å². The Balaban J connectivity index is 1.23. The monoisotopic (exact) mass is 1000 g/mol. The number of phenolic OH excluding ortho intramolecular Hbond substituents is 1. The number of anilines is 1. The number of rotatable bonds is 15. The lowest BCUT2D eigenvalue weighted by atomic mass is 9.46. The van der Waals surface area contributed by atoms with Crippen LogP contribution in [-0.2, 0) is 21.4 Å². The number of hydrogen-bond donors (Lipinski definition) is 7. The lowest BCUT2D eigenvalue weighted by molar-refractivity contribution is -0.125. The maximum absolute atomic E-state index is 15.7. The summed E-state index contributed by atoms with van der Waals surface area (Å²) >= 11 is 0. The van der Waals surface area contributed by atoms with Crippen molar-refractivity contribution in [3.05, 3.63) is 65.8 Å². The van der Waals surface area contributed by atoms with Crippen LogP contribution >= 0.6 is 0 Å². The molecule has 394 valence electrons. The molecule has 7 aliphatic rings. The second-order valence-corrected chi connectivity index (χ2v) is 22.4. The van der Waals surface area contributed by atoms with E-state index >= 15 is 4.79 Å². The van der Waals surface area contributed by atoms with Crippen molar-refractivity contribution in [2.24, 2.45) is 63.7 Å². The van der Waals surface area contributed by atoms with Gasteiger partial charge in [0.1, 0.15) is 11.7 Å². The highest BCUT2D eigenvalue weighted by atomic mass is 16.6. The fraction of sp³-hybridized carbons (Fsp3) is 0.633. The van der Waals surface area contributed by atoms with Crippen molar-refractivity contribution in [1.82, 2.24) is 10.6 Å². The van der Waals surface area contributed by atoms with Crippen LogP contribution in [0, 0.1) is 82.7 Å². The summed E-state index contributed by atoms with van der Waals surface area (Å²) < 4.78 is 25.5. The van der Waals surface area contributed by atoms with E-state index in [2.05, 4.69) is 82.2 Å². The summed E-state index contributed by atoms with van der Waals surface area (Å²) in [5.74, 6) is 10.4. The fourth-order valence-electron chi connectivity index (χ4n) is 15.4. The molecule has 9 rings (SSSR count). The maximum Gasteiger partial charge on any atom is 0.207 e. The fourth-order valence-corrected chi connectivity index (χ4v) is 15.4. The lowest BCUT2D eigenvalue weighted by Gasteiger charge is -2.58.